The van der Waals surface area contributed by atoms with Gasteiger partial charge in [-0.3, -0.25) is 4.72 Å². The summed E-state index contributed by atoms with van der Waals surface area (Å²) < 4.78 is 34.1. The molecule has 1 unspecified atom stereocenters. The van der Waals surface area contributed by atoms with Gasteiger partial charge in [-0.25, -0.2) is 8.42 Å². The smallest absolute Gasteiger partial charge is 0.237 e. The van der Waals surface area contributed by atoms with Gasteiger partial charge in [-0.05, 0) is 13.0 Å². The fourth-order valence-corrected chi connectivity index (χ4v) is 3.42. The van der Waals surface area contributed by atoms with Crippen molar-refractivity contribution in [1.29, 1.82) is 0 Å². The van der Waals surface area contributed by atoms with Crippen molar-refractivity contribution in [2.45, 2.75) is 12.2 Å². The molecule has 0 radical (unpaired) electrons. The Balaban J connectivity index is 2.49. The molecule has 10 heteroatoms. The van der Waals surface area contributed by atoms with Gasteiger partial charge in [0.25, 0.3) is 0 Å². The number of aliphatic hydroxyl groups excluding tert-OH is 1. The van der Waals surface area contributed by atoms with Gasteiger partial charge in [0.15, 0.2) is 0 Å². The van der Waals surface area contributed by atoms with Crippen molar-refractivity contribution in [1.82, 2.24) is 0 Å². The number of aliphatic hydroxyl groups is 1. The first-order valence-corrected chi connectivity index (χ1v) is 8.13. The average Bonchev–Trinajstić information content (AvgIpc) is 2.83. The number of benzene rings is 1. The molecular weight excluding hydrogens is 333 g/mol. The lowest BCUT2D eigenvalue weighted by Gasteiger charge is -2.15. The van der Waals surface area contributed by atoms with Crippen LogP contribution in [0.2, 0.25) is 10.0 Å². The molecule has 1 atom stereocenters. The predicted octanol–water partition coefficient (Wildman–Crippen LogP) is 2.84. The van der Waals surface area contributed by atoms with Crippen molar-refractivity contribution < 1.29 is 13.5 Å². The highest BCUT2D eigenvalue weighted by Gasteiger charge is 2.25. The Morgan fingerprint density at radius 2 is 2.00 bits per heavy atom. The van der Waals surface area contributed by atoms with E-state index in [0.29, 0.717) is 10.7 Å². The van der Waals surface area contributed by atoms with Crippen LogP contribution in [0.25, 0.3) is 0 Å². The summed E-state index contributed by atoms with van der Waals surface area (Å²) in [6, 6.07) is 1.40. The van der Waals surface area contributed by atoms with Crippen LogP contribution in [0.15, 0.2) is 14.8 Å². The zero-order valence-electron chi connectivity index (χ0n) is 9.59. The third-order valence-corrected chi connectivity index (χ3v) is 5.29. The fraction of sp³-hybridized carbons (Fsp3) is 0.333. The van der Waals surface area contributed by atoms with Crippen LogP contribution in [0, 0.1) is 0 Å². The summed E-state index contributed by atoms with van der Waals surface area (Å²) in [6.07, 6.45) is 0. The molecule has 0 bridgehead atoms. The third-order valence-electron chi connectivity index (χ3n) is 2.47. The summed E-state index contributed by atoms with van der Waals surface area (Å²) in [6.45, 7) is 0.877. The van der Waals surface area contributed by atoms with Crippen molar-refractivity contribution in [2.75, 3.05) is 11.3 Å². The van der Waals surface area contributed by atoms with Gasteiger partial charge in [0, 0.05) is 0 Å². The second-order valence-corrected chi connectivity index (χ2v) is 7.26. The second-order valence-electron chi connectivity index (χ2n) is 3.82. The topological polar surface area (TPSA) is 91.1 Å². The Hall–Kier alpha value is -0.670. The number of nitrogens with zero attached hydrogens (tertiary/aromatic N) is 2. The van der Waals surface area contributed by atoms with Crippen LogP contribution in [0.1, 0.15) is 6.92 Å². The van der Waals surface area contributed by atoms with Crippen molar-refractivity contribution in [3.05, 3.63) is 16.1 Å². The normalized spacial score (nSPS) is 14.9. The van der Waals surface area contributed by atoms with Crippen LogP contribution in [0.5, 0.6) is 0 Å². The molecule has 0 saturated heterocycles. The van der Waals surface area contributed by atoms with Crippen molar-refractivity contribution in [2.24, 2.45) is 8.73 Å². The van der Waals surface area contributed by atoms with Gasteiger partial charge in [0.1, 0.15) is 16.6 Å². The Morgan fingerprint density at radius 1 is 1.37 bits per heavy atom. The van der Waals surface area contributed by atoms with E-state index in [1.807, 2.05) is 0 Å². The molecule has 0 amide bonds. The molecule has 1 aromatic rings. The Morgan fingerprint density at radius 3 is 2.63 bits per heavy atom. The van der Waals surface area contributed by atoms with Crippen LogP contribution >= 0.6 is 23.2 Å². The molecule has 1 aliphatic heterocycles. The van der Waals surface area contributed by atoms with Crippen LogP contribution in [-0.4, -0.2) is 25.4 Å². The lowest BCUT2D eigenvalue weighted by molar-refractivity contribution is 0.296. The monoisotopic (exact) mass is 341 g/mol. The molecular formula is C9H9Cl2N3O3S2. The van der Waals surface area contributed by atoms with Gasteiger partial charge in [-0.2, -0.15) is 8.73 Å². The summed E-state index contributed by atoms with van der Waals surface area (Å²) in [7, 11) is -3.76. The van der Waals surface area contributed by atoms with Crippen LogP contribution in [-0.2, 0) is 21.4 Å². The van der Waals surface area contributed by atoms with E-state index in [9.17, 15) is 8.42 Å². The van der Waals surface area contributed by atoms with E-state index in [2.05, 4.69) is 13.4 Å². The van der Waals surface area contributed by atoms with Gasteiger partial charge in [-0.15, -0.1) is 0 Å². The second kappa shape index (κ2) is 5.37. The Bertz CT molecular complexity index is 699. The number of anilines is 1. The highest BCUT2D eigenvalue weighted by atomic mass is 35.5. The van der Waals surface area contributed by atoms with Gasteiger partial charge in [-0.1, -0.05) is 23.2 Å². The van der Waals surface area contributed by atoms with Gasteiger partial charge >= 0.3 is 0 Å². The molecule has 6 nitrogen and oxygen atoms in total. The van der Waals surface area contributed by atoms with Gasteiger partial charge < -0.3 is 5.11 Å². The highest BCUT2D eigenvalue weighted by Crippen LogP contribution is 2.48. The maximum absolute atomic E-state index is 11.9. The first kappa shape index (κ1) is 14.7. The molecule has 1 heterocycles. The fourth-order valence-electron chi connectivity index (χ4n) is 1.31. The standard InChI is InChI=1S/C9H9Cl2N3O3S2/c1-4(3-15)19(16,17)14-8-6(11)2-5(10)7-9(8)13-18-12-7/h2,4,14-15H,3H2,1H3. The maximum Gasteiger partial charge on any atom is 0.237 e. The molecule has 1 aliphatic rings. The lowest BCUT2D eigenvalue weighted by Crippen LogP contribution is -2.28. The van der Waals surface area contributed by atoms with Gasteiger partial charge in [0.2, 0.25) is 10.0 Å². The number of fused-ring (bicyclic) bond motifs is 1. The van der Waals surface area contributed by atoms with E-state index < -0.39 is 21.9 Å². The van der Waals surface area contributed by atoms with Crippen LogP contribution < -0.4 is 4.72 Å². The largest absolute Gasteiger partial charge is 0.395 e. The molecule has 2 N–H and O–H groups in total. The van der Waals surface area contributed by atoms with E-state index in [0.717, 1.165) is 11.4 Å². The summed E-state index contributed by atoms with van der Waals surface area (Å²) in [4.78, 5) is 0. The summed E-state index contributed by atoms with van der Waals surface area (Å²) in [5, 5.41) is 8.39. The Labute approximate surface area is 123 Å². The van der Waals surface area contributed by atoms with Gasteiger partial charge in [0.05, 0.1) is 33.7 Å². The predicted molar refractivity (Wildman–Crippen MR) is 77.1 cm³/mol. The van der Waals surface area contributed by atoms with Crippen LogP contribution in [0.3, 0.4) is 0 Å². The quantitative estimate of drug-likeness (QED) is 0.895. The van der Waals surface area contributed by atoms with E-state index in [1.54, 1.807) is 0 Å². The summed E-state index contributed by atoms with van der Waals surface area (Å²) >= 11 is 12.8. The summed E-state index contributed by atoms with van der Waals surface area (Å²) in [5.41, 5.74) is 0.789. The summed E-state index contributed by atoms with van der Waals surface area (Å²) in [5.74, 6) is 0. The number of nitrogens with one attached hydrogen (secondary N) is 1. The van der Waals surface area contributed by atoms with E-state index in [4.69, 9.17) is 28.3 Å². The lowest BCUT2D eigenvalue weighted by atomic mass is 10.2. The van der Waals surface area contributed by atoms with Crippen molar-refractivity contribution >= 4 is 61.6 Å². The number of hydrogen-bond acceptors (Lipinski definition) is 5. The molecule has 0 spiro atoms. The van der Waals surface area contributed by atoms with E-state index >= 15 is 0 Å². The molecule has 0 saturated carbocycles. The molecule has 2 rings (SSSR count). The first-order chi connectivity index (χ1) is 8.86. The number of halogens is 2. The molecule has 19 heavy (non-hydrogen) atoms. The zero-order chi connectivity index (χ0) is 14.2. The number of sulfonamides is 1. The molecule has 0 fully saturated rings. The molecule has 1 aromatic carbocycles. The molecule has 0 aromatic heterocycles. The van der Waals surface area contributed by atoms with E-state index in [-0.39, 0.29) is 16.4 Å². The molecule has 0 aliphatic carbocycles. The van der Waals surface area contributed by atoms with E-state index in [1.165, 1.54) is 13.0 Å². The average molecular weight is 342 g/mol. The first-order valence-electron chi connectivity index (χ1n) is 5.09. The minimum Gasteiger partial charge on any atom is -0.395 e. The minimum absolute atomic E-state index is 0.120. The third kappa shape index (κ3) is 2.77. The van der Waals surface area contributed by atoms with Crippen molar-refractivity contribution in [3.8, 4) is 0 Å². The Kier molecular flexibility index (Phi) is 4.17. The maximum atomic E-state index is 11.9. The highest BCUT2D eigenvalue weighted by molar-refractivity contribution is 7.93. The zero-order valence-corrected chi connectivity index (χ0v) is 12.7. The SMILES string of the molecule is CC(CO)S(=O)(=O)Nc1c(Cl)cc(Cl)c2c1N=S=N2. The molecule has 104 valence electrons. The van der Waals surface area contributed by atoms with Crippen LogP contribution in [0.4, 0.5) is 17.1 Å². The van der Waals surface area contributed by atoms with Crippen molar-refractivity contribution in [3.63, 3.8) is 0 Å². The minimum atomic E-state index is -3.76. The number of rotatable bonds is 4. The number of hydrogen-bond donors (Lipinski definition) is 2.